The Morgan fingerprint density at radius 1 is 1.00 bits per heavy atom. The van der Waals surface area contributed by atoms with Crippen molar-refractivity contribution in [2.75, 3.05) is 37.7 Å². The van der Waals surface area contributed by atoms with Crippen LogP contribution in [0.25, 0.3) is 0 Å². The highest BCUT2D eigenvalue weighted by Crippen LogP contribution is 2.35. The van der Waals surface area contributed by atoms with Crippen molar-refractivity contribution in [1.82, 2.24) is 14.4 Å². The second-order valence-corrected chi connectivity index (χ2v) is 11.1. The molecule has 2 atom stereocenters. The standard InChI is InChI=1S/C21H27N3O4S/c25-21-18(13-22-4-7-29(26,27)8-5-22)1-2-20-19-9-17(12-24(20)21)11-23(14-19)10-16-3-6-28-15-16/h1-3,6,15,17,19H,4-5,7-14H2/t17-,19+/m0/s1. The molecule has 2 aromatic rings. The number of furan rings is 1. The lowest BCUT2D eigenvalue weighted by Gasteiger charge is -2.43. The SMILES string of the molecule is O=c1c(CN2CCS(=O)(=O)CC2)ccc2n1C[C@H]1C[C@@H]2CN(Cc2ccoc2)C1. The topological polar surface area (TPSA) is 75.8 Å². The zero-order valence-electron chi connectivity index (χ0n) is 16.5. The number of likely N-dealkylation sites (tertiary alicyclic amines) is 1. The van der Waals surface area contributed by atoms with Gasteiger partial charge in [0.05, 0.1) is 24.0 Å². The molecule has 0 N–H and O–H groups in total. The highest BCUT2D eigenvalue weighted by atomic mass is 32.2. The highest BCUT2D eigenvalue weighted by Gasteiger charge is 2.35. The van der Waals surface area contributed by atoms with Gasteiger partial charge >= 0.3 is 0 Å². The number of pyridine rings is 1. The Morgan fingerprint density at radius 2 is 1.83 bits per heavy atom. The van der Waals surface area contributed by atoms with E-state index in [0.29, 0.717) is 31.5 Å². The average molecular weight is 418 g/mol. The van der Waals surface area contributed by atoms with E-state index in [1.54, 1.807) is 12.5 Å². The van der Waals surface area contributed by atoms with Gasteiger partial charge in [0, 0.05) is 68.6 Å². The van der Waals surface area contributed by atoms with E-state index < -0.39 is 9.84 Å². The Morgan fingerprint density at radius 3 is 2.59 bits per heavy atom. The van der Waals surface area contributed by atoms with E-state index in [9.17, 15) is 13.2 Å². The maximum atomic E-state index is 13.2. The van der Waals surface area contributed by atoms with Gasteiger partial charge in [-0.3, -0.25) is 14.6 Å². The smallest absolute Gasteiger partial charge is 0.255 e. The van der Waals surface area contributed by atoms with Crippen molar-refractivity contribution < 1.29 is 12.8 Å². The minimum Gasteiger partial charge on any atom is -0.472 e. The summed E-state index contributed by atoms with van der Waals surface area (Å²) in [6.07, 6.45) is 4.67. The predicted molar refractivity (Wildman–Crippen MR) is 109 cm³/mol. The summed E-state index contributed by atoms with van der Waals surface area (Å²) >= 11 is 0. The Balaban J connectivity index is 1.32. The third kappa shape index (κ3) is 3.93. The van der Waals surface area contributed by atoms with Crippen LogP contribution >= 0.6 is 0 Å². The summed E-state index contributed by atoms with van der Waals surface area (Å²) in [6.45, 7) is 5.19. The molecule has 0 radical (unpaired) electrons. The zero-order valence-corrected chi connectivity index (χ0v) is 17.3. The number of hydrogen-bond acceptors (Lipinski definition) is 6. The number of hydrogen-bond donors (Lipinski definition) is 0. The van der Waals surface area contributed by atoms with Crippen LogP contribution in [0.3, 0.4) is 0 Å². The van der Waals surface area contributed by atoms with Crippen molar-refractivity contribution in [2.24, 2.45) is 5.92 Å². The molecular formula is C21H27N3O4S. The fourth-order valence-corrected chi connectivity index (χ4v) is 6.41. The molecule has 0 aliphatic carbocycles. The molecule has 0 saturated carbocycles. The van der Waals surface area contributed by atoms with E-state index in [4.69, 9.17) is 4.42 Å². The maximum Gasteiger partial charge on any atom is 0.255 e. The molecule has 0 unspecified atom stereocenters. The molecule has 2 fully saturated rings. The first-order valence-corrected chi connectivity index (χ1v) is 12.2. The summed E-state index contributed by atoms with van der Waals surface area (Å²) in [4.78, 5) is 17.7. The van der Waals surface area contributed by atoms with E-state index in [-0.39, 0.29) is 17.1 Å². The van der Waals surface area contributed by atoms with Crippen molar-refractivity contribution in [3.05, 3.63) is 57.9 Å². The molecule has 5 rings (SSSR count). The molecule has 2 saturated heterocycles. The van der Waals surface area contributed by atoms with Crippen molar-refractivity contribution in [3.63, 3.8) is 0 Å². The van der Waals surface area contributed by atoms with Gasteiger partial charge in [-0.2, -0.15) is 0 Å². The Labute approximate surface area is 170 Å². The first-order chi connectivity index (χ1) is 14.0. The fraction of sp³-hybridized carbons (Fsp3) is 0.571. The van der Waals surface area contributed by atoms with E-state index in [2.05, 4.69) is 15.9 Å². The second-order valence-electron chi connectivity index (χ2n) is 8.75. The summed E-state index contributed by atoms with van der Waals surface area (Å²) in [5, 5.41) is 0. The molecule has 0 amide bonds. The van der Waals surface area contributed by atoms with Crippen LogP contribution in [0.2, 0.25) is 0 Å². The van der Waals surface area contributed by atoms with Crippen LogP contribution in [-0.4, -0.2) is 60.5 Å². The van der Waals surface area contributed by atoms with Crippen LogP contribution in [0.1, 0.15) is 29.2 Å². The summed E-state index contributed by atoms with van der Waals surface area (Å²) in [5.41, 5.74) is 3.23. The molecule has 0 aromatic carbocycles. The quantitative estimate of drug-likeness (QED) is 0.746. The van der Waals surface area contributed by atoms with Crippen LogP contribution in [0.5, 0.6) is 0 Å². The van der Waals surface area contributed by atoms with E-state index in [1.165, 1.54) is 5.56 Å². The van der Waals surface area contributed by atoms with Crippen molar-refractivity contribution >= 4 is 9.84 Å². The molecule has 2 bridgehead atoms. The van der Waals surface area contributed by atoms with Crippen molar-refractivity contribution in [3.8, 4) is 0 Å². The summed E-state index contributed by atoms with van der Waals surface area (Å²) in [6, 6.07) is 6.10. The minimum absolute atomic E-state index is 0.105. The molecule has 7 nitrogen and oxygen atoms in total. The summed E-state index contributed by atoms with van der Waals surface area (Å²) in [7, 11) is -2.90. The molecule has 2 aromatic heterocycles. The number of nitrogens with zero attached hydrogens (tertiary/aromatic N) is 3. The normalized spacial score (nSPS) is 26.9. The van der Waals surface area contributed by atoms with E-state index in [1.807, 2.05) is 16.7 Å². The first kappa shape index (κ1) is 19.1. The van der Waals surface area contributed by atoms with Crippen LogP contribution in [0.4, 0.5) is 0 Å². The third-order valence-corrected chi connectivity index (χ3v) is 8.19. The Bertz CT molecular complexity index is 1030. The lowest BCUT2D eigenvalue weighted by atomic mass is 9.83. The second kappa shape index (κ2) is 7.41. The zero-order chi connectivity index (χ0) is 20.0. The number of fused-ring (bicyclic) bond motifs is 4. The van der Waals surface area contributed by atoms with Gasteiger partial charge in [0.1, 0.15) is 0 Å². The van der Waals surface area contributed by atoms with Crippen molar-refractivity contribution in [2.45, 2.75) is 32.0 Å². The number of sulfone groups is 1. The molecule has 3 aliphatic rings. The maximum absolute atomic E-state index is 13.2. The largest absolute Gasteiger partial charge is 0.472 e. The molecule has 8 heteroatoms. The molecule has 5 heterocycles. The monoisotopic (exact) mass is 417 g/mol. The van der Waals surface area contributed by atoms with Gasteiger partial charge in [-0.25, -0.2) is 8.42 Å². The minimum atomic E-state index is -2.90. The average Bonchev–Trinajstić information content (AvgIpc) is 3.19. The lowest BCUT2D eigenvalue weighted by Crippen LogP contribution is -2.47. The van der Waals surface area contributed by atoms with Crippen LogP contribution < -0.4 is 5.56 Å². The molecular weight excluding hydrogens is 390 g/mol. The van der Waals surface area contributed by atoms with Gasteiger partial charge in [0.2, 0.25) is 0 Å². The Kier molecular flexibility index (Phi) is 4.88. The molecule has 29 heavy (non-hydrogen) atoms. The lowest BCUT2D eigenvalue weighted by molar-refractivity contribution is 0.114. The first-order valence-electron chi connectivity index (χ1n) is 10.4. The predicted octanol–water partition coefficient (Wildman–Crippen LogP) is 1.29. The Hall–Kier alpha value is -1.90. The van der Waals surface area contributed by atoms with Gasteiger partial charge in [-0.15, -0.1) is 0 Å². The molecule has 3 aliphatic heterocycles. The van der Waals surface area contributed by atoms with Crippen LogP contribution in [0.15, 0.2) is 39.9 Å². The highest BCUT2D eigenvalue weighted by molar-refractivity contribution is 7.91. The summed E-state index contributed by atoms with van der Waals surface area (Å²) in [5.74, 6) is 1.25. The third-order valence-electron chi connectivity index (χ3n) is 6.58. The van der Waals surface area contributed by atoms with Gasteiger partial charge in [0.15, 0.2) is 9.84 Å². The van der Waals surface area contributed by atoms with Gasteiger partial charge in [-0.05, 0) is 24.5 Å². The van der Waals surface area contributed by atoms with Crippen LogP contribution in [-0.2, 0) is 29.5 Å². The molecule has 0 spiro atoms. The number of piperidine rings is 1. The van der Waals surface area contributed by atoms with E-state index >= 15 is 0 Å². The number of aromatic nitrogens is 1. The van der Waals surface area contributed by atoms with Gasteiger partial charge < -0.3 is 8.98 Å². The number of rotatable bonds is 4. The summed E-state index contributed by atoms with van der Waals surface area (Å²) < 4.78 is 30.5. The van der Waals surface area contributed by atoms with Crippen molar-refractivity contribution in [1.29, 1.82) is 0 Å². The fourth-order valence-electron chi connectivity index (χ4n) is 5.13. The van der Waals surface area contributed by atoms with Crippen LogP contribution in [0, 0.1) is 5.92 Å². The van der Waals surface area contributed by atoms with E-state index in [0.717, 1.165) is 43.9 Å². The van der Waals surface area contributed by atoms with Gasteiger partial charge in [0.25, 0.3) is 5.56 Å². The van der Waals surface area contributed by atoms with Gasteiger partial charge in [-0.1, -0.05) is 6.07 Å². The molecule has 156 valence electrons.